The fraction of sp³-hybridized carbons (Fsp3) is 0.125. The predicted octanol–water partition coefficient (Wildman–Crippen LogP) is -0.626. The maximum Gasteiger partial charge on any atom is 0.296 e. The van der Waals surface area contributed by atoms with Crippen LogP contribution in [0.2, 0.25) is 0 Å². The highest BCUT2D eigenvalue weighted by Crippen LogP contribution is 2.00. The molecule has 1 heterocycles. The quantitative estimate of drug-likeness (QED) is 0.437. The Labute approximate surface area is 77.8 Å². The Morgan fingerprint density at radius 3 is 2.93 bits per heavy atom. The molecule has 1 amide bonds. The lowest BCUT2D eigenvalue weighted by atomic mass is 10.2. The van der Waals surface area contributed by atoms with Crippen molar-refractivity contribution in [3.63, 3.8) is 0 Å². The van der Waals surface area contributed by atoms with E-state index in [1.54, 1.807) is 0 Å². The largest absolute Gasteiger partial charge is 0.296 e. The van der Waals surface area contributed by atoms with Crippen molar-refractivity contribution in [2.45, 2.75) is 0 Å². The first-order chi connectivity index (χ1) is 6.68. The molecule has 0 N–H and O–H groups in total. The molecular weight excluding hydrogens is 186 g/mol. The second-order valence-corrected chi connectivity index (χ2v) is 2.72. The average molecular weight is 191 g/mol. The molecule has 0 saturated carbocycles. The van der Waals surface area contributed by atoms with E-state index < -0.39 is 4.92 Å². The smallest absolute Gasteiger partial charge is 0.270 e. The molecule has 1 aliphatic heterocycles. The van der Waals surface area contributed by atoms with E-state index in [4.69, 9.17) is 0 Å². The number of carbonyl (C=O) groups excluding carboxylic acids is 1. The van der Waals surface area contributed by atoms with Crippen LogP contribution in [0.1, 0.15) is 0 Å². The van der Waals surface area contributed by atoms with Gasteiger partial charge in [-0.05, 0) is 6.07 Å². The lowest BCUT2D eigenvalue weighted by molar-refractivity contribution is -0.386. The molecular formula is C8H5N3O3. The van der Waals surface area contributed by atoms with Crippen LogP contribution in [-0.2, 0) is 4.79 Å². The molecule has 1 aromatic rings. The van der Waals surface area contributed by atoms with Crippen LogP contribution in [0.3, 0.4) is 0 Å². The van der Waals surface area contributed by atoms with Gasteiger partial charge in [0.15, 0.2) is 5.36 Å². The number of benzene rings is 1. The van der Waals surface area contributed by atoms with E-state index in [-0.39, 0.29) is 28.9 Å². The minimum Gasteiger partial charge on any atom is -0.270 e. The summed E-state index contributed by atoms with van der Waals surface area (Å²) in [6.45, 7) is -0.113. The van der Waals surface area contributed by atoms with Gasteiger partial charge in [0.2, 0.25) is 0 Å². The second-order valence-electron chi connectivity index (χ2n) is 2.72. The van der Waals surface area contributed by atoms with E-state index in [1.807, 2.05) is 0 Å². The fourth-order valence-electron chi connectivity index (χ4n) is 1.24. The summed E-state index contributed by atoms with van der Waals surface area (Å²) in [6.07, 6.45) is 0. The zero-order chi connectivity index (χ0) is 10.1. The molecule has 0 aromatic heterocycles. The van der Waals surface area contributed by atoms with E-state index in [0.717, 1.165) is 0 Å². The first-order valence-corrected chi connectivity index (χ1v) is 3.88. The van der Waals surface area contributed by atoms with Crippen molar-refractivity contribution in [2.24, 2.45) is 9.98 Å². The minimum absolute atomic E-state index is 0.112. The summed E-state index contributed by atoms with van der Waals surface area (Å²) in [5.74, 6) is -0.377. The number of hydrogen-bond donors (Lipinski definition) is 0. The van der Waals surface area contributed by atoms with Gasteiger partial charge in [0, 0.05) is 6.07 Å². The molecule has 0 aliphatic carbocycles. The molecule has 0 atom stereocenters. The maximum absolute atomic E-state index is 10.9. The van der Waals surface area contributed by atoms with Crippen LogP contribution in [0.5, 0.6) is 0 Å². The number of amides is 1. The van der Waals surface area contributed by atoms with Crippen molar-refractivity contribution in [3.05, 3.63) is 39.0 Å². The lowest BCUT2D eigenvalue weighted by Crippen LogP contribution is -2.33. The zero-order valence-electron chi connectivity index (χ0n) is 7.01. The number of fused-ring (bicyclic) bond motifs is 1. The number of rotatable bonds is 1. The first-order valence-electron chi connectivity index (χ1n) is 3.88. The number of para-hydroxylation sites is 1. The Morgan fingerprint density at radius 1 is 1.43 bits per heavy atom. The monoisotopic (exact) mass is 191 g/mol. The predicted molar refractivity (Wildman–Crippen MR) is 45.3 cm³/mol. The third-order valence-corrected chi connectivity index (χ3v) is 1.81. The van der Waals surface area contributed by atoms with E-state index >= 15 is 0 Å². The molecule has 70 valence electrons. The van der Waals surface area contributed by atoms with Crippen molar-refractivity contribution in [1.29, 1.82) is 0 Å². The Balaban J connectivity index is 2.82. The summed E-state index contributed by atoms with van der Waals surface area (Å²) in [5.41, 5.74) is -0.112. The van der Waals surface area contributed by atoms with Gasteiger partial charge >= 0.3 is 0 Å². The van der Waals surface area contributed by atoms with Crippen LogP contribution >= 0.6 is 0 Å². The molecule has 0 saturated heterocycles. The molecule has 14 heavy (non-hydrogen) atoms. The number of carbonyl (C=O) groups is 1. The third-order valence-electron chi connectivity index (χ3n) is 1.81. The molecule has 0 fully saturated rings. The van der Waals surface area contributed by atoms with Crippen molar-refractivity contribution >= 4 is 11.6 Å². The van der Waals surface area contributed by atoms with Crippen LogP contribution in [-0.4, -0.2) is 17.4 Å². The van der Waals surface area contributed by atoms with Gasteiger partial charge in [0.25, 0.3) is 11.6 Å². The van der Waals surface area contributed by atoms with E-state index in [0.29, 0.717) is 0 Å². The van der Waals surface area contributed by atoms with Gasteiger partial charge in [-0.2, -0.15) is 0 Å². The van der Waals surface area contributed by atoms with Gasteiger partial charge in [-0.25, -0.2) is 4.99 Å². The van der Waals surface area contributed by atoms with Crippen molar-refractivity contribution in [3.8, 4) is 0 Å². The highest BCUT2D eigenvalue weighted by molar-refractivity contribution is 5.79. The van der Waals surface area contributed by atoms with Crippen LogP contribution < -0.4 is 10.7 Å². The number of nitro benzene ring substituents is 1. The van der Waals surface area contributed by atoms with Gasteiger partial charge in [0.05, 0.1) is 10.3 Å². The standard InChI is InChI=1S/C8H5N3O3/c12-7-4-9-8-5(10-7)2-1-3-6(8)11(13)14/h1-3H,4H2. The highest BCUT2D eigenvalue weighted by atomic mass is 16.6. The summed E-state index contributed by atoms with van der Waals surface area (Å²) in [4.78, 5) is 28.4. The van der Waals surface area contributed by atoms with Crippen molar-refractivity contribution < 1.29 is 9.72 Å². The van der Waals surface area contributed by atoms with Crippen molar-refractivity contribution in [1.82, 2.24) is 0 Å². The van der Waals surface area contributed by atoms with Gasteiger partial charge in [-0.3, -0.25) is 19.9 Å². The Morgan fingerprint density at radius 2 is 2.21 bits per heavy atom. The minimum atomic E-state index is -0.534. The second kappa shape index (κ2) is 2.99. The molecule has 1 aromatic carbocycles. The molecule has 6 nitrogen and oxygen atoms in total. The Bertz CT molecular complexity index is 535. The summed E-state index contributed by atoms with van der Waals surface area (Å²) < 4.78 is 0. The number of nitro groups is 1. The van der Waals surface area contributed by atoms with Gasteiger partial charge in [-0.15, -0.1) is 0 Å². The average Bonchev–Trinajstić information content (AvgIpc) is 2.16. The maximum atomic E-state index is 10.9. The molecule has 0 unspecified atom stereocenters. The van der Waals surface area contributed by atoms with Crippen LogP contribution in [0.25, 0.3) is 0 Å². The Kier molecular flexibility index (Phi) is 1.81. The van der Waals surface area contributed by atoms with Crippen molar-refractivity contribution in [2.75, 3.05) is 6.54 Å². The number of hydrogen-bond acceptors (Lipinski definition) is 4. The molecule has 0 spiro atoms. The third kappa shape index (κ3) is 1.26. The van der Waals surface area contributed by atoms with Gasteiger partial charge in [0.1, 0.15) is 6.54 Å². The normalized spacial score (nSPS) is 13.9. The first kappa shape index (κ1) is 8.49. The van der Waals surface area contributed by atoms with Gasteiger partial charge < -0.3 is 0 Å². The Hall–Kier alpha value is -2.11. The highest BCUT2D eigenvalue weighted by Gasteiger charge is 2.13. The molecule has 2 rings (SSSR count). The van der Waals surface area contributed by atoms with Crippen LogP contribution in [0.4, 0.5) is 5.69 Å². The van der Waals surface area contributed by atoms with Crippen LogP contribution in [0, 0.1) is 10.1 Å². The van der Waals surface area contributed by atoms with Crippen LogP contribution in [0.15, 0.2) is 28.2 Å². The molecule has 0 bridgehead atoms. The molecule has 0 radical (unpaired) electrons. The van der Waals surface area contributed by atoms with E-state index in [9.17, 15) is 14.9 Å². The topological polar surface area (TPSA) is 84.9 Å². The van der Waals surface area contributed by atoms with E-state index in [1.165, 1.54) is 18.2 Å². The summed E-state index contributed by atoms with van der Waals surface area (Å²) in [5, 5.41) is 11.0. The molecule has 6 heteroatoms. The van der Waals surface area contributed by atoms with E-state index in [2.05, 4.69) is 9.98 Å². The van der Waals surface area contributed by atoms with Gasteiger partial charge in [-0.1, -0.05) is 6.07 Å². The lowest BCUT2D eigenvalue weighted by Gasteiger charge is -1.98. The molecule has 1 aliphatic rings. The summed E-state index contributed by atoms with van der Waals surface area (Å²) in [6, 6.07) is 4.35. The SMILES string of the molecule is O=C1CN=c2c([N+](=O)[O-])cccc2=N1. The summed E-state index contributed by atoms with van der Waals surface area (Å²) >= 11 is 0. The number of nitrogens with zero attached hydrogens (tertiary/aromatic N) is 3. The summed E-state index contributed by atoms with van der Waals surface area (Å²) in [7, 11) is 0. The zero-order valence-corrected chi connectivity index (χ0v) is 7.01. The number of non-ortho nitro benzene ring substituents is 1. The fourth-order valence-corrected chi connectivity index (χ4v) is 1.24.